The second-order valence-electron chi connectivity index (χ2n) is 9.08. The van der Waals surface area contributed by atoms with Gasteiger partial charge in [0.15, 0.2) is 0 Å². The maximum absolute atomic E-state index is 12.2. The molecule has 11 heteroatoms. The molecule has 0 bridgehead atoms. The number of benzene rings is 2. The highest BCUT2D eigenvalue weighted by Gasteiger charge is 2.23. The minimum absolute atomic E-state index is 0.0788. The Morgan fingerprint density at radius 3 is 2.79 bits per heavy atom. The first-order valence-electron chi connectivity index (χ1n) is 12.2. The van der Waals surface area contributed by atoms with Gasteiger partial charge >= 0.3 is 0 Å². The zero-order chi connectivity index (χ0) is 26.1. The van der Waals surface area contributed by atoms with E-state index in [1.54, 1.807) is 24.4 Å². The van der Waals surface area contributed by atoms with Gasteiger partial charge in [0.2, 0.25) is 11.0 Å². The maximum Gasteiger partial charge on any atom is 0.241 e. The molecule has 0 atom stereocenters. The highest BCUT2D eigenvalue weighted by atomic mass is 32.1. The fraction of sp³-hybridized carbons (Fsp3) is 0.222. The average molecular weight is 527 g/mol. The molecule has 2 N–H and O–H groups in total. The topological polar surface area (TPSA) is 112 Å². The van der Waals surface area contributed by atoms with E-state index in [2.05, 4.69) is 31.5 Å². The van der Waals surface area contributed by atoms with E-state index in [0.717, 1.165) is 55.7 Å². The average Bonchev–Trinajstić information content (AvgIpc) is 3.61. The molecule has 5 aromatic rings. The number of H-pyrrole nitrogens is 1. The second-order valence-corrected chi connectivity index (χ2v) is 10.1. The van der Waals surface area contributed by atoms with Crippen molar-refractivity contribution < 1.29 is 9.53 Å². The third-order valence-corrected chi connectivity index (χ3v) is 7.57. The van der Waals surface area contributed by atoms with Crippen LogP contribution < -0.4 is 15.0 Å². The Balaban J connectivity index is 1.23. The highest BCUT2D eigenvalue weighted by Crippen LogP contribution is 2.34. The van der Waals surface area contributed by atoms with Crippen LogP contribution in [0.3, 0.4) is 0 Å². The van der Waals surface area contributed by atoms with E-state index in [-0.39, 0.29) is 5.91 Å². The van der Waals surface area contributed by atoms with Crippen molar-refractivity contribution in [2.45, 2.75) is 6.54 Å². The first-order valence-corrected chi connectivity index (χ1v) is 13.0. The van der Waals surface area contributed by atoms with Crippen molar-refractivity contribution in [3.63, 3.8) is 0 Å². The van der Waals surface area contributed by atoms with E-state index < -0.39 is 0 Å². The summed E-state index contributed by atoms with van der Waals surface area (Å²) in [6.07, 6.45) is 5.41. The van der Waals surface area contributed by atoms with Crippen molar-refractivity contribution in [3.05, 3.63) is 66.6 Å². The number of rotatable bonds is 7. The van der Waals surface area contributed by atoms with Gasteiger partial charge in [-0.1, -0.05) is 23.5 Å². The summed E-state index contributed by atoms with van der Waals surface area (Å²) in [6.45, 7) is 2.34. The summed E-state index contributed by atoms with van der Waals surface area (Å²) < 4.78 is 5.22. The number of hydrogen-bond acceptors (Lipinski definition) is 9. The number of methoxy groups -OCH3 is 1. The third kappa shape index (κ3) is 4.75. The fourth-order valence-electron chi connectivity index (χ4n) is 4.39. The van der Waals surface area contributed by atoms with Crippen molar-refractivity contribution in [2.75, 3.05) is 44.0 Å². The Hall–Kier alpha value is -4.51. The number of nitrogens with one attached hydrogen (secondary N) is 2. The molecule has 1 aliphatic heterocycles. The van der Waals surface area contributed by atoms with Crippen LogP contribution in [0.2, 0.25) is 0 Å². The van der Waals surface area contributed by atoms with Gasteiger partial charge < -0.3 is 24.8 Å². The van der Waals surface area contributed by atoms with Crippen LogP contribution in [0.25, 0.3) is 32.7 Å². The quantitative estimate of drug-likeness (QED) is 0.327. The Morgan fingerprint density at radius 1 is 1.11 bits per heavy atom. The molecule has 1 aliphatic rings. The minimum Gasteiger partial charge on any atom is -0.497 e. The second kappa shape index (κ2) is 10.1. The van der Waals surface area contributed by atoms with E-state index in [0.29, 0.717) is 25.5 Å². The Morgan fingerprint density at radius 2 is 1.97 bits per heavy atom. The number of carbonyl (C=O) groups is 1. The maximum atomic E-state index is 12.2. The molecular formula is C27H26N8O2S. The molecule has 0 spiro atoms. The normalized spacial score (nSPS) is 13.8. The molecule has 0 saturated carbocycles. The van der Waals surface area contributed by atoms with Crippen molar-refractivity contribution in [1.29, 1.82) is 0 Å². The molecule has 6 rings (SSSR count). The summed E-state index contributed by atoms with van der Waals surface area (Å²) in [5.74, 6) is 1.61. The van der Waals surface area contributed by atoms with Gasteiger partial charge in [-0.2, -0.15) is 0 Å². The summed E-state index contributed by atoms with van der Waals surface area (Å²) in [7, 11) is 3.48. The molecule has 2 aromatic carbocycles. The molecule has 0 unspecified atom stereocenters. The van der Waals surface area contributed by atoms with Crippen LogP contribution in [0.5, 0.6) is 5.75 Å². The van der Waals surface area contributed by atoms with Gasteiger partial charge in [0.05, 0.1) is 31.7 Å². The zero-order valence-electron chi connectivity index (χ0n) is 21.0. The molecule has 1 saturated heterocycles. The molecule has 0 aliphatic carbocycles. The highest BCUT2D eigenvalue weighted by molar-refractivity contribution is 7.18. The van der Waals surface area contributed by atoms with E-state index in [9.17, 15) is 4.79 Å². The molecular weight excluding hydrogens is 500 g/mol. The number of ether oxygens (including phenoxy) is 1. The van der Waals surface area contributed by atoms with E-state index in [1.807, 2.05) is 54.5 Å². The number of aromatic amines is 1. The van der Waals surface area contributed by atoms with Gasteiger partial charge in [-0.05, 0) is 35.9 Å². The van der Waals surface area contributed by atoms with Crippen molar-refractivity contribution in [3.8, 4) is 27.6 Å². The zero-order valence-corrected chi connectivity index (χ0v) is 21.8. The predicted molar refractivity (Wildman–Crippen MR) is 148 cm³/mol. The summed E-state index contributed by atoms with van der Waals surface area (Å²) in [5.41, 5.74) is 4.79. The Bertz CT molecular complexity index is 1600. The number of hydrogen-bond donors (Lipinski definition) is 2. The van der Waals surface area contributed by atoms with Crippen LogP contribution in [0, 0.1) is 0 Å². The molecule has 4 heterocycles. The molecule has 38 heavy (non-hydrogen) atoms. The van der Waals surface area contributed by atoms with Gasteiger partial charge in [0.25, 0.3) is 0 Å². The van der Waals surface area contributed by atoms with Crippen LogP contribution in [-0.4, -0.2) is 69.7 Å². The lowest BCUT2D eigenvalue weighted by Gasteiger charge is -2.32. The third-order valence-electron chi connectivity index (χ3n) is 6.64. The van der Waals surface area contributed by atoms with Gasteiger partial charge in [-0.3, -0.25) is 9.78 Å². The fourth-order valence-corrected chi connectivity index (χ4v) is 5.13. The number of aromatic nitrogens is 5. The van der Waals surface area contributed by atoms with Crippen LogP contribution >= 0.6 is 11.3 Å². The van der Waals surface area contributed by atoms with Crippen molar-refractivity contribution >= 4 is 39.1 Å². The lowest BCUT2D eigenvalue weighted by molar-refractivity contribution is -0.129. The first-order chi connectivity index (χ1) is 18.6. The monoisotopic (exact) mass is 526 g/mol. The molecule has 10 nitrogen and oxygen atoms in total. The number of fused-ring (bicyclic) bond motifs is 1. The molecule has 0 radical (unpaired) electrons. The molecule has 1 fully saturated rings. The van der Waals surface area contributed by atoms with Gasteiger partial charge in [0, 0.05) is 54.9 Å². The number of nitrogens with zero attached hydrogens (tertiary/aromatic N) is 6. The largest absolute Gasteiger partial charge is 0.497 e. The summed E-state index contributed by atoms with van der Waals surface area (Å²) in [6, 6.07) is 14.1. The van der Waals surface area contributed by atoms with E-state index in [1.165, 1.54) is 11.3 Å². The lowest BCUT2D eigenvalue weighted by atomic mass is 10.1. The molecule has 192 valence electrons. The summed E-state index contributed by atoms with van der Waals surface area (Å²) >= 11 is 1.51. The van der Waals surface area contributed by atoms with Gasteiger partial charge in [-0.15, -0.1) is 10.2 Å². The smallest absolute Gasteiger partial charge is 0.241 e. The number of likely N-dealkylation sites (N-methyl/N-ethyl adjacent to an activating group) is 1. The number of anilines is 2. The first kappa shape index (κ1) is 23.9. The van der Waals surface area contributed by atoms with Gasteiger partial charge in [0.1, 0.15) is 16.6 Å². The summed E-state index contributed by atoms with van der Waals surface area (Å²) in [5, 5.41) is 14.7. The van der Waals surface area contributed by atoms with E-state index in [4.69, 9.17) is 9.72 Å². The van der Waals surface area contributed by atoms with E-state index >= 15 is 0 Å². The number of amides is 1. The number of piperazine rings is 1. The van der Waals surface area contributed by atoms with Crippen LogP contribution in [-0.2, 0) is 11.3 Å². The van der Waals surface area contributed by atoms with Crippen molar-refractivity contribution in [1.82, 2.24) is 30.0 Å². The number of carbonyl (C=O) groups excluding carboxylic acids is 1. The lowest BCUT2D eigenvalue weighted by Crippen LogP contribution is -2.48. The Labute approximate surface area is 223 Å². The summed E-state index contributed by atoms with van der Waals surface area (Å²) in [4.78, 5) is 28.5. The van der Waals surface area contributed by atoms with Gasteiger partial charge in [-0.25, -0.2) is 4.98 Å². The SMILES string of the molecule is COc1ccc(CNc2nnc(-c3ccc4[nH]cc(-c5cncc(N6CCN(C)C(=O)C6)n5)c4c3)s2)cc1. The van der Waals surface area contributed by atoms with Crippen molar-refractivity contribution in [2.24, 2.45) is 0 Å². The standard InChI is InChI=1S/C27H26N8O2S/c1-34-9-10-35(16-25(34)36)24-15-28-14-23(31-24)21-13-29-22-8-5-18(11-20(21)22)26-32-33-27(38-26)30-12-17-3-6-19(37-2)7-4-17/h3-8,11,13-15,29H,9-10,12,16H2,1-2H3,(H,30,33). The Kier molecular flexibility index (Phi) is 6.34. The molecule has 3 aromatic heterocycles. The van der Waals surface area contributed by atoms with Crippen LogP contribution in [0.1, 0.15) is 5.56 Å². The van der Waals surface area contributed by atoms with Crippen LogP contribution in [0.4, 0.5) is 10.9 Å². The minimum atomic E-state index is 0.0788. The molecule has 1 amide bonds. The van der Waals surface area contributed by atoms with Crippen LogP contribution in [0.15, 0.2) is 61.1 Å². The predicted octanol–water partition coefficient (Wildman–Crippen LogP) is 4.04.